The van der Waals surface area contributed by atoms with Crippen molar-refractivity contribution < 1.29 is 9.59 Å². The lowest BCUT2D eigenvalue weighted by atomic mass is 9.93. The van der Waals surface area contributed by atoms with Crippen molar-refractivity contribution in [3.05, 3.63) is 114 Å². The normalized spacial score (nSPS) is 14.3. The molecule has 7 heteroatoms. The van der Waals surface area contributed by atoms with E-state index in [0.29, 0.717) is 11.3 Å². The molecule has 1 unspecified atom stereocenters. The van der Waals surface area contributed by atoms with E-state index in [1.165, 1.54) is 5.56 Å². The van der Waals surface area contributed by atoms with Gasteiger partial charge in [0.1, 0.15) is 5.69 Å². The first-order chi connectivity index (χ1) is 17.5. The summed E-state index contributed by atoms with van der Waals surface area (Å²) in [4.78, 5) is 28.0. The Balaban J connectivity index is 1.14. The molecule has 1 atom stereocenters. The van der Waals surface area contributed by atoms with Gasteiger partial charge in [-0.1, -0.05) is 18.2 Å². The molecular formula is C29H25N5O2. The number of anilines is 3. The summed E-state index contributed by atoms with van der Waals surface area (Å²) in [6, 6.07) is 25.2. The maximum absolute atomic E-state index is 12.8. The largest absolute Gasteiger partial charge is 0.384 e. The van der Waals surface area contributed by atoms with E-state index in [1.807, 2.05) is 66.3 Å². The number of benzene rings is 3. The Bertz CT molecular complexity index is 1580. The maximum Gasteiger partial charge on any atom is 0.272 e. The van der Waals surface area contributed by atoms with Crippen molar-refractivity contribution in [1.29, 1.82) is 0 Å². The van der Waals surface area contributed by atoms with Crippen LogP contribution in [0, 0.1) is 0 Å². The lowest BCUT2D eigenvalue weighted by Crippen LogP contribution is -2.12. The Hall–Kier alpha value is -4.78. The summed E-state index contributed by atoms with van der Waals surface area (Å²) in [5, 5.41) is 10.4. The highest BCUT2D eigenvalue weighted by Gasteiger charge is 2.24. The highest BCUT2D eigenvalue weighted by Crippen LogP contribution is 2.38. The number of nitrogens with one attached hydrogen (secondary N) is 4. The van der Waals surface area contributed by atoms with E-state index in [4.69, 9.17) is 0 Å². The molecule has 0 radical (unpaired) electrons. The third-order valence-corrected chi connectivity index (χ3v) is 6.74. The molecule has 0 spiro atoms. The van der Waals surface area contributed by atoms with Crippen LogP contribution < -0.4 is 16.0 Å². The van der Waals surface area contributed by atoms with Gasteiger partial charge in [-0.05, 0) is 71.8 Å². The van der Waals surface area contributed by atoms with Crippen LogP contribution in [0.1, 0.15) is 37.9 Å². The Labute approximate surface area is 208 Å². The van der Waals surface area contributed by atoms with Crippen LogP contribution in [-0.2, 0) is 7.05 Å². The predicted molar refractivity (Wildman–Crippen MR) is 143 cm³/mol. The highest BCUT2D eigenvalue weighted by molar-refractivity contribution is 6.06. The van der Waals surface area contributed by atoms with Crippen LogP contribution in [0.3, 0.4) is 0 Å². The smallest absolute Gasteiger partial charge is 0.272 e. The van der Waals surface area contributed by atoms with Crippen molar-refractivity contribution in [3.8, 4) is 0 Å². The molecule has 6 rings (SSSR count). The molecule has 0 aliphatic carbocycles. The van der Waals surface area contributed by atoms with Gasteiger partial charge in [-0.25, -0.2) is 0 Å². The number of carbonyl (C=O) groups is 2. The van der Waals surface area contributed by atoms with Gasteiger partial charge >= 0.3 is 0 Å². The van der Waals surface area contributed by atoms with Gasteiger partial charge < -0.3 is 25.5 Å². The summed E-state index contributed by atoms with van der Waals surface area (Å²) in [7, 11) is 1.99. The fourth-order valence-electron chi connectivity index (χ4n) is 4.81. The van der Waals surface area contributed by atoms with Crippen LogP contribution in [-0.4, -0.2) is 27.9 Å². The highest BCUT2D eigenvalue weighted by atomic mass is 16.2. The maximum atomic E-state index is 12.8. The number of nitrogens with zero attached hydrogens (tertiary/aromatic N) is 1. The van der Waals surface area contributed by atoms with Gasteiger partial charge in [0.2, 0.25) is 0 Å². The Kier molecular flexibility index (Phi) is 5.30. The van der Waals surface area contributed by atoms with Gasteiger partial charge in [-0.2, -0.15) is 0 Å². The summed E-state index contributed by atoms with van der Waals surface area (Å²) >= 11 is 0. The van der Waals surface area contributed by atoms with E-state index in [2.05, 4.69) is 39.1 Å². The third-order valence-electron chi connectivity index (χ3n) is 6.74. The molecule has 5 aromatic rings. The monoisotopic (exact) mass is 475 g/mol. The molecule has 178 valence electrons. The van der Waals surface area contributed by atoms with Gasteiger partial charge in [0.15, 0.2) is 0 Å². The zero-order chi connectivity index (χ0) is 24.6. The van der Waals surface area contributed by atoms with Crippen LogP contribution in [0.4, 0.5) is 17.1 Å². The number of hydrogen-bond acceptors (Lipinski definition) is 3. The standard InChI is InChI=1S/C29H25N5O2/c1-34-14-12-19-15-20(6-11-27(19)34)28(35)32-21-7-4-18(5-8-21)24-17-31-26-16-22(9-10-23(24)26)33-29(36)25-3-2-13-30-25/h2-16,24,30-31H,17H2,1H3,(H,32,35)(H,33,36). The van der Waals surface area contributed by atoms with E-state index in [-0.39, 0.29) is 17.7 Å². The summed E-state index contributed by atoms with van der Waals surface area (Å²) in [5.74, 6) is -0.107. The first-order valence-corrected chi connectivity index (χ1v) is 11.8. The minimum absolute atomic E-state index is 0.129. The van der Waals surface area contributed by atoms with E-state index in [1.54, 1.807) is 18.3 Å². The summed E-state index contributed by atoms with van der Waals surface area (Å²) in [5.41, 5.74) is 7.10. The second-order valence-corrected chi connectivity index (χ2v) is 9.05. The van der Waals surface area contributed by atoms with Crippen molar-refractivity contribution >= 4 is 39.8 Å². The van der Waals surface area contributed by atoms with Gasteiger partial charge in [0, 0.05) is 65.4 Å². The van der Waals surface area contributed by atoms with E-state index in [0.717, 1.165) is 40.1 Å². The quantitative estimate of drug-likeness (QED) is 0.268. The number of carbonyl (C=O) groups excluding carboxylic acids is 2. The molecule has 2 amide bonds. The number of aromatic nitrogens is 2. The van der Waals surface area contributed by atoms with Crippen LogP contribution in [0.25, 0.3) is 10.9 Å². The second-order valence-electron chi connectivity index (χ2n) is 9.05. The first-order valence-electron chi connectivity index (χ1n) is 11.8. The molecule has 2 aromatic heterocycles. The number of amides is 2. The second kappa shape index (κ2) is 8.78. The van der Waals surface area contributed by atoms with E-state index >= 15 is 0 Å². The summed E-state index contributed by atoms with van der Waals surface area (Å²) in [6.45, 7) is 0.770. The Morgan fingerprint density at radius 3 is 2.50 bits per heavy atom. The molecule has 3 aromatic carbocycles. The molecule has 36 heavy (non-hydrogen) atoms. The lowest BCUT2D eigenvalue weighted by Gasteiger charge is -2.13. The van der Waals surface area contributed by atoms with E-state index < -0.39 is 0 Å². The molecular weight excluding hydrogens is 450 g/mol. The van der Waals surface area contributed by atoms with Gasteiger partial charge in [-0.15, -0.1) is 0 Å². The molecule has 4 N–H and O–H groups in total. The van der Waals surface area contributed by atoms with Crippen LogP contribution in [0.5, 0.6) is 0 Å². The van der Waals surface area contributed by atoms with Crippen LogP contribution in [0.2, 0.25) is 0 Å². The fraction of sp³-hybridized carbons (Fsp3) is 0.103. The summed E-state index contributed by atoms with van der Waals surface area (Å²) in [6.07, 6.45) is 3.71. The average Bonchev–Trinajstić information content (AvgIpc) is 3.65. The van der Waals surface area contributed by atoms with Crippen molar-refractivity contribution in [2.24, 2.45) is 7.05 Å². The minimum Gasteiger partial charge on any atom is -0.384 e. The topological polar surface area (TPSA) is 90.9 Å². The van der Waals surface area contributed by atoms with Crippen molar-refractivity contribution in [2.45, 2.75) is 5.92 Å². The molecule has 1 aliphatic rings. The number of rotatable bonds is 5. The first kappa shape index (κ1) is 21.7. The van der Waals surface area contributed by atoms with Crippen LogP contribution in [0.15, 0.2) is 91.3 Å². The summed E-state index contributed by atoms with van der Waals surface area (Å²) < 4.78 is 2.03. The van der Waals surface area contributed by atoms with Crippen molar-refractivity contribution in [3.63, 3.8) is 0 Å². The zero-order valence-electron chi connectivity index (χ0n) is 19.7. The number of aromatic amines is 1. The number of fused-ring (bicyclic) bond motifs is 2. The fourth-order valence-corrected chi connectivity index (χ4v) is 4.81. The van der Waals surface area contributed by atoms with E-state index in [9.17, 15) is 9.59 Å². The molecule has 0 saturated heterocycles. The molecule has 1 aliphatic heterocycles. The van der Waals surface area contributed by atoms with Gasteiger partial charge in [0.05, 0.1) is 0 Å². The number of H-pyrrole nitrogens is 1. The molecule has 0 fully saturated rings. The van der Waals surface area contributed by atoms with Crippen molar-refractivity contribution in [2.75, 3.05) is 22.5 Å². The van der Waals surface area contributed by atoms with Crippen LogP contribution >= 0.6 is 0 Å². The predicted octanol–water partition coefficient (Wildman–Crippen LogP) is 5.57. The lowest BCUT2D eigenvalue weighted by molar-refractivity contribution is 0.101. The molecule has 0 bridgehead atoms. The van der Waals surface area contributed by atoms with Gasteiger partial charge in [-0.3, -0.25) is 9.59 Å². The number of aryl methyl sites for hydroxylation is 1. The average molecular weight is 476 g/mol. The molecule has 0 saturated carbocycles. The number of hydrogen-bond donors (Lipinski definition) is 4. The minimum atomic E-state index is -0.171. The molecule has 7 nitrogen and oxygen atoms in total. The van der Waals surface area contributed by atoms with Crippen molar-refractivity contribution in [1.82, 2.24) is 9.55 Å². The Morgan fingerprint density at radius 2 is 1.69 bits per heavy atom. The molecule has 3 heterocycles. The SMILES string of the molecule is Cn1ccc2cc(C(=O)Nc3ccc(C4CNc5cc(NC(=O)c6ccc[nH]6)ccc54)cc3)ccc21. The Morgan fingerprint density at radius 1 is 0.889 bits per heavy atom. The third kappa shape index (κ3) is 4.01. The van der Waals surface area contributed by atoms with Gasteiger partial charge in [0.25, 0.3) is 11.8 Å². The zero-order valence-corrected chi connectivity index (χ0v) is 19.7.